The van der Waals surface area contributed by atoms with Gasteiger partial charge in [0.1, 0.15) is 5.82 Å². The number of aromatic nitrogens is 1. The number of benzene rings is 1. The summed E-state index contributed by atoms with van der Waals surface area (Å²) in [4.78, 5) is 22.5. The van der Waals surface area contributed by atoms with Crippen LogP contribution in [0.15, 0.2) is 24.4 Å². The van der Waals surface area contributed by atoms with Crippen LogP contribution in [0.4, 0.5) is 14.3 Å². The van der Waals surface area contributed by atoms with E-state index in [1.165, 1.54) is 30.6 Å². The molecule has 1 aromatic carbocycles. The maximum absolute atomic E-state index is 13.7. The fourth-order valence-corrected chi connectivity index (χ4v) is 4.95. The molecule has 0 aliphatic carbocycles. The second-order valence-corrected chi connectivity index (χ2v) is 8.92. The van der Waals surface area contributed by atoms with E-state index in [0.29, 0.717) is 23.2 Å². The van der Waals surface area contributed by atoms with Crippen molar-refractivity contribution < 1.29 is 9.18 Å². The van der Waals surface area contributed by atoms with Crippen LogP contribution in [0.1, 0.15) is 41.7 Å². The molecule has 1 unspecified atom stereocenters. The number of carbonyl (C=O) groups is 1. The Morgan fingerprint density at radius 1 is 1.29 bits per heavy atom. The van der Waals surface area contributed by atoms with Crippen molar-refractivity contribution in [2.75, 3.05) is 31.5 Å². The minimum atomic E-state index is -0.187. The van der Waals surface area contributed by atoms with Gasteiger partial charge in [0.15, 0.2) is 5.13 Å². The van der Waals surface area contributed by atoms with E-state index in [4.69, 9.17) is 0 Å². The number of nitrogens with zero attached hydrogens (tertiary/aromatic N) is 3. The Kier molecular flexibility index (Phi) is 5.92. The van der Waals surface area contributed by atoms with Gasteiger partial charge in [-0.15, -0.1) is 11.3 Å². The van der Waals surface area contributed by atoms with Gasteiger partial charge < -0.3 is 4.90 Å². The summed E-state index contributed by atoms with van der Waals surface area (Å²) in [5, 5.41) is 3.56. The van der Waals surface area contributed by atoms with Crippen molar-refractivity contribution in [3.8, 4) is 0 Å². The van der Waals surface area contributed by atoms with Gasteiger partial charge in [0.25, 0.3) is 0 Å². The quantitative estimate of drug-likeness (QED) is 0.831. The molecule has 1 atom stereocenters. The lowest BCUT2D eigenvalue weighted by molar-refractivity contribution is 0.132. The molecule has 2 saturated heterocycles. The lowest BCUT2D eigenvalue weighted by atomic mass is 10.0. The first-order valence-electron chi connectivity index (χ1n) is 10.1. The maximum atomic E-state index is 13.7. The van der Waals surface area contributed by atoms with Gasteiger partial charge in [-0.2, -0.15) is 0 Å². The van der Waals surface area contributed by atoms with Crippen molar-refractivity contribution in [2.24, 2.45) is 0 Å². The first-order valence-corrected chi connectivity index (χ1v) is 10.9. The summed E-state index contributed by atoms with van der Waals surface area (Å²) < 4.78 is 13.7. The van der Waals surface area contributed by atoms with Gasteiger partial charge in [0, 0.05) is 36.6 Å². The summed E-state index contributed by atoms with van der Waals surface area (Å²) in [6, 6.07) is 5.72. The number of thiazole rings is 1. The predicted molar refractivity (Wildman–Crippen MR) is 110 cm³/mol. The van der Waals surface area contributed by atoms with E-state index in [1.807, 2.05) is 11.0 Å². The van der Waals surface area contributed by atoms with Crippen LogP contribution >= 0.6 is 11.3 Å². The van der Waals surface area contributed by atoms with Crippen LogP contribution in [0.25, 0.3) is 0 Å². The summed E-state index contributed by atoms with van der Waals surface area (Å²) >= 11 is 1.45. The Hall–Kier alpha value is -1.99. The molecule has 5 nitrogen and oxygen atoms in total. The predicted octanol–water partition coefficient (Wildman–Crippen LogP) is 4.27. The highest BCUT2D eigenvalue weighted by atomic mass is 32.1. The third-order valence-corrected chi connectivity index (χ3v) is 6.64. The summed E-state index contributed by atoms with van der Waals surface area (Å²) in [7, 11) is 0. The second kappa shape index (κ2) is 8.57. The van der Waals surface area contributed by atoms with Crippen LogP contribution in [0.5, 0.6) is 0 Å². The zero-order chi connectivity index (χ0) is 19.5. The molecule has 2 fully saturated rings. The van der Waals surface area contributed by atoms with Gasteiger partial charge in [-0.3, -0.25) is 10.2 Å². The topological polar surface area (TPSA) is 48.5 Å². The Morgan fingerprint density at radius 3 is 2.89 bits per heavy atom. The molecule has 2 aliphatic heterocycles. The molecular formula is C21H27FN4OS. The average molecular weight is 403 g/mol. The van der Waals surface area contributed by atoms with Gasteiger partial charge in [0.2, 0.25) is 0 Å². The molecule has 0 radical (unpaired) electrons. The van der Waals surface area contributed by atoms with Gasteiger partial charge in [-0.05, 0) is 62.9 Å². The van der Waals surface area contributed by atoms with Crippen LogP contribution in [0.3, 0.4) is 0 Å². The molecule has 150 valence electrons. The molecule has 4 rings (SSSR count). The van der Waals surface area contributed by atoms with Gasteiger partial charge in [-0.1, -0.05) is 12.1 Å². The van der Waals surface area contributed by atoms with Crippen LogP contribution in [0, 0.1) is 12.7 Å². The van der Waals surface area contributed by atoms with Gasteiger partial charge >= 0.3 is 6.03 Å². The van der Waals surface area contributed by atoms with Crippen LogP contribution < -0.4 is 5.32 Å². The summed E-state index contributed by atoms with van der Waals surface area (Å²) in [6.45, 7) is 5.68. The number of halogens is 1. The van der Waals surface area contributed by atoms with E-state index in [1.54, 1.807) is 25.3 Å². The number of anilines is 1. The SMILES string of the molecule is Cc1ccc(Cc2cnc(NC(=O)N3CCCC(N4CCCC4)C3)s2)cc1F. The molecule has 0 spiro atoms. The molecule has 1 aromatic heterocycles. The number of rotatable bonds is 4. The van der Waals surface area contributed by atoms with Crippen molar-refractivity contribution in [1.29, 1.82) is 0 Å². The molecule has 2 aromatic rings. The Morgan fingerprint density at radius 2 is 2.11 bits per heavy atom. The minimum Gasteiger partial charge on any atom is -0.323 e. The van der Waals surface area contributed by atoms with Crippen molar-refractivity contribution in [3.05, 3.63) is 46.2 Å². The second-order valence-electron chi connectivity index (χ2n) is 7.81. The highest BCUT2D eigenvalue weighted by molar-refractivity contribution is 7.15. The average Bonchev–Trinajstić information content (AvgIpc) is 3.37. The standard InChI is InChI=1S/C21H27FN4OS/c1-15-6-7-16(12-19(15)22)11-18-13-23-20(28-18)24-21(27)26-10-4-5-17(14-26)25-8-2-3-9-25/h6-7,12-13,17H,2-5,8-11,14H2,1H3,(H,23,24,27). The molecule has 28 heavy (non-hydrogen) atoms. The molecule has 2 aliphatic rings. The number of hydrogen-bond acceptors (Lipinski definition) is 4. The first-order chi connectivity index (χ1) is 13.6. The van der Waals surface area contributed by atoms with Gasteiger partial charge in [-0.25, -0.2) is 14.2 Å². The number of hydrogen-bond donors (Lipinski definition) is 1. The van der Waals surface area contributed by atoms with Crippen LogP contribution in [-0.2, 0) is 6.42 Å². The highest BCUT2D eigenvalue weighted by Crippen LogP contribution is 2.24. The molecule has 3 heterocycles. The molecule has 1 N–H and O–H groups in total. The summed E-state index contributed by atoms with van der Waals surface area (Å²) in [5.41, 5.74) is 1.56. The minimum absolute atomic E-state index is 0.0637. The number of carbonyl (C=O) groups excluding carboxylic acids is 1. The zero-order valence-corrected chi connectivity index (χ0v) is 17.1. The number of amides is 2. The first kappa shape index (κ1) is 19.3. The smallest absolute Gasteiger partial charge is 0.323 e. The molecular weight excluding hydrogens is 375 g/mol. The fraction of sp³-hybridized carbons (Fsp3) is 0.524. The molecule has 2 amide bonds. The Bertz CT molecular complexity index is 834. The van der Waals surface area contributed by atoms with Crippen molar-refractivity contribution in [2.45, 2.75) is 45.1 Å². The Labute approximate surface area is 169 Å². The maximum Gasteiger partial charge on any atom is 0.323 e. The summed E-state index contributed by atoms with van der Waals surface area (Å²) in [6.07, 6.45) is 7.16. The van der Waals surface area contributed by atoms with Gasteiger partial charge in [0.05, 0.1) is 0 Å². The third kappa shape index (κ3) is 4.52. The van der Waals surface area contributed by atoms with Crippen LogP contribution in [-0.4, -0.2) is 53.0 Å². The van der Waals surface area contributed by atoms with E-state index < -0.39 is 0 Å². The van der Waals surface area contributed by atoms with E-state index >= 15 is 0 Å². The van der Waals surface area contributed by atoms with E-state index in [9.17, 15) is 9.18 Å². The fourth-order valence-electron chi connectivity index (χ4n) is 4.11. The van der Waals surface area contributed by atoms with E-state index in [-0.39, 0.29) is 11.8 Å². The van der Waals surface area contributed by atoms with Crippen molar-refractivity contribution in [3.63, 3.8) is 0 Å². The van der Waals surface area contributed by atoms with Crippen molar-refractivity contribution in [1.82, 2.24) is 14.8 Å². The number of likely N-dealkylation sites (tertiary alicyclic amines) is 2. The highest BCUT2D eigenvalue weighted by Gasteiger charge is 2.29. The number of urea groups is 1. The lowest BCUT2D eigenvalue weighted by Gasteiger charge is -2.37. The van der Waals surface area contributed by atoms with Crippen molar-refractivity contribution >= 4 is 22.5 Å². The zero-order valence-electron chi connectivity index (χ0n) is 16.3. The van der Waals surface area contributed by atoms with E-state index in [0.717, 1.165) is 43.0 Å². The lowest BCUT2D eigenvalue weighted by Crippen LogP contribution is -2.50. The van der Waals surface area contributed by atoms with E-state index in [2.05, 4.69) is 15.2 Å². The Balaban J connectivity index is 1.34. The van der Waals surface area contributed by atoms with Crippen LogP contribution in [0.2, 0.25) is 0 Å². The number of aryl methyl sites for hydroxylation is 1. The normalized spacial score (nSPS) is 20.5. The number of piperidine rings is 1. The molecule has 0 saturated carbocycles. The largest absolute Gasteiger partial charge is 0.323 e. The molecule has 0 bridgehead atoms. The monoisotopic (exact) mass is 402 g/mol. The summed E-state index contributed by atoms with van der Waals surface area (Å²) in [5.74, 6) is -0.187. The number of nitrogens with one attached hydrogen (secondary N) is 1. The molecule has 7 heteroatoms. The third-order valence-electron chi connectivity index (χ3n) is 5.72.